The number of rotatable bonds is 5. The third-order valence-corrected chi connectivity index (χ3v) is 4.68. The zero-order valence-corrected chi connectivity index (χ0v) is 13.5. The summed E-state index contributed by atoms with van der Waals surface area (Å²) in [6.07, 6.45) is 1.12. The van der Waals surface area contributed by atoms with Crippen LogP contribution in [0.25, 0.3) is 0 Å². The third-order valence-electron chi connectivity index (χ3n) is 4.68. The van der Waals surface area contributed by atoms with Crippen molar-refractivity contribution in [1.82, 2.24) is 4.90 Å². The molecule has 1 saturated heterocycles. The summed E-state index contributed by atoms with van der Waals surface area (Å²) in [6.45, 7) is 2.31. The maximum Gasteiger partial charge on any atom is 0.243 e. The largest absolute Gasteiger partial charge is 0.369 e. The quantitative estimate of drug-likeness (QED) is 0.888. The van der Waals surface area contributed by atoms with E-state index in [4.69, 9.17) is 5.73 Å². The van der Waals surface area contributed by atoms with Gasteiger partial charge in [-0.15, -0.1) is 0 Å². The standard InChI is InChI=1S/C19H22FN3O/c20-16-8-4-5-9-17(16)22-19(18(21)24)10-12-23(13-11-19)14-15-6-2-1-3-7-15/h1-9,22H,10-14H2,(H2,21,24). The molecule has 4 nitrogen and oxygen atoms in total. The molecule has 1 heterocycles. The van der Waals surface area contributed by atoms with Crippen LogP contribution in [0, 0.1) is 5.82 Å². The van der Waals surface area contributed by atoms with Gasteiger partial charge in [0.05, 0.1) is 5.69 Å². The van der Waals surface area contributed by atoms with E-state index in [0.717, 1.165) is 19.6 Å². The summed E-state index contributed by atoms with van der Waals surface area (Å²) in [5, 5.41) is 3.07. The van der Waals surface area contributed by atoms with E-state index in [2.05, 4.69) is 22.3 Å². The minimum Gasteiger partial charge on any atom is -0.369 e. The number of piperidine rings is 1. The van der Waals surface area contributed by atoms with Gasteiger partial charge < -0.3 is 11.1 Å². The normalized spacial score (nSPS) is 17.4. The van der Waals surface area contributed by atoms with Crippen molar-refractivity contribution in [2.75, 3.05) is 18.4 Å². The van der Waals surface area contributed by atoms with Gasteiger partial charge in [-0.05, 0) is 30.5 Å². The zero-order chi connectivity index (χ0) is 17.0. The molecule has 2 aromatic carbocycles. The molecule has 0 spiro atoms. The number of nitrogens with one attached hydrogen (secondary N) is 1. The van der Waals surface area contributed by atoms with Gasteiger partial charge in [-0.1, -0.05) is 42.5 Å². The Hall–Kier alpha value is -2.40. The molecule has 2 aromatic rings. The number of para-hydroxylation sites is 1. The summed E-state index contributed by atoms with van der Waals surface area (Å²) in [6, 6.07) is 16.6. The highest BCUT2D eigenvalue weighted by atomic mass is 19.1. The molecule has 0 radical (unpaired) electrons. The number of hydrogen-bond donors (Lipinski definition) is 2. The summed E-state index contributed by atoms with van der Waals surface area (Å²) in [4.78, 5) is 14.4. The molecule has 3 rings (SSSR count). The first-order chi connectivity index (χ1) is 11.6. The molecule has 1 aliphatic rings. The maximum atomic E-state index is 13.9. The fraction of sp³-hybridized carbons (Fsp3) is 0.316. The van der Waals surface area contributed by atoms with Crippen molar-refractivity contribution >= 4 is 11.6 Å². The number of nitrogens with two attached hydrogens (primary N) is 1. The van der Waals surface area contributed by atoms with Crippen LogP contribution in [0.15, 0.2) is 54.6 Å². The van der Waals surface area contributed by atoms with Gasteiger partial charge in [0.1, 0.15) is 11.4 Å². The van der Waals surface area contributed by atoms with Crippen LogP contribution in [0.5, 0.6) is 0 Å². The Balaban J connectivity index is 1.68. The Labute approximate surface area is 141 Å². The van der Waals surface area contributed by atoms with Crippen LogP contribution in [-0.4, -0.2) is 29.4 Å². The van der Waals surface area contributed by atoms with Crippen LogP contribution < -0.4 is 11.1 Å². The van der Waals surface area contributed by atoms with E-state index in [1.165, 1.54) is 11.6 Å². The van der Waals surface area contributed by atoms with E-state index in [-0.39, 0.29) is 5.82 Å². The van der Waals surface area contributed by atoms with Gasteiger partial charge in [0.2, 0.25) is 5.91 Å². The van der Waals surface area contributed by atoms with Crippen LogP contribution in [0.4, 0.5) is 10.1 Å². The van der Waals surface area contributed by atoms with Crippen LogP contribution in [0.2, 0.25) is 0 Å². The fourth-order valence-electron chi connectivity index (χ4n) is 3.19. The number of carbonyl (C=O) groups excluding carboxylic acids is 1. The summed E-state index contributed by atoms with van der Waals surface area (Å²) in [5.74, 6) is -0.796. The summed E-state index contributed by atoms with van der Waals surface area (Å²) in [5.41, 5.74) is 6.33. The first-order valence-electron chi connectivity index (χ1n) is 8.18. The van der Waals surface area contributed by atoms with Crippen molar-refractivity contribution in [3.63, 3.8) is 0 Å². The van der Waals surface area contributed by atoms with Gasteiger partial charge in [0, 0.05) is 19.6 Å². The molecule has 1 aliphatic heterocycles. The molecule has 1 fully saturated rings. The average Bonchev–Trinajstić information content (AvgIpc) is 2.59. The van der Waals surface area contributed by atoms with E-state index in [1.807, 2.05) is 18.2 Å². The monoisotopic (exact) mass is 327 g/mol. The lowest BCUT2D eigenvalue weighted by molar-refractivity contribution is -0.123. The van der Waals surface area contributed by atoms with Gasteiger partial charge in [-0.25, -0.2) is 4.39 Å². The second-order valence-corrected chi connectivity index (χ2v) is 6.31. The Morgan fingerprint density at radius 2 is 1.71 bits per heavy atom. The molecule has 0 unspecified atom stereocenters. The molecule has 24 heavy (non-hydrogen) atoms. The lowest BCUT2D eigenvalue weighted by atomic mass is 9.86. The minimum absolute atomic E-state index is 0.327. The zero-order valence-electron chi connectivity index (χ0n) is 13.5. The minimum atomic E-state index is -0.893. The van der Waals surface area contributed by atoms with E-state index >= 15 is 0 Å². The van der Waals surface area contributed by atoms with Crippen LogP contribution in [0.1, 0.15) is 18.4 Å². The second-order valence-electron chi connectivity index (χ2n) is 6.31. The summed E-state index contributed by atoms with van der Waals surface area (Å²) < 4.78 is 13.9. The SMILES string of the molecule is NC(=O)C1(Nc2ccccc2F)CCN(Cc2ccccc2)CC1. The van der Waals surface area contributed by atoms with Crippen molar-refractivity contribution in [2.24, 2.45) is 5.73 Å². The molecule has 0 bridgehead atoms. The van der Waals surface area contributed by atoms with Crippen LogP contribution in [-0.2, 0) is 11.3 Å². The molecule has 0 atom stereocenters. The molecule has 0 aliphatic carbocycles. The Morgan fingerprint density at radius 1 is 1.08 bits per heavy atom. The molecule has 3 N–H and O–H groups in total. The van der Waals surface area contributed by atoms with Crippen molar-refractivity contribution < 1.29 is 9.18 Å². The Morgan fingerprint density at radius 3 is 2.33 bits per heavy atom. The fourth-order valence-corrected chi connectivity index (χ4v) is 3.19. The lowest BCUT2D eigenvalue weighted by Crippen LogP contribution is -2.57. The first-order valence-corrected chi connectivity index (χ1v) is 8.18. The van der Waals surface area contributed by atoms with Crippen molar-refractivity contribution in [2.45, 2.75) is 24.9 Å². The predicted molar refractivity (Wildman–Crippen MR) is 92.9 cm³/mol. The van der Waals surface area contributed by atoms with Crippen LogP contribution in [0.3, 0.4) is 0 Å². The molecule has 1 amide bonds. The number of nitrogens with zero attached hydrogens (tertiary/aromatic N) is 1. The van der Waals surface area contributed by atoms with Gasteiger partial charge >= 0.3 is 0 Å². The molecular formula is C19H22FN3O. The third kappa shape index (κ3) is 3.57. The number of halogens is 1. The average molecular weight is 327 g/mol. The molecule has 126 valence electrons. The van der Waals surface area contributed by atoms with Crippen molar-refractivity contribution in [1.29, 1.82) is 0 Å². The van der Waals surface area contributed by atoms with E-state index in [9.17, 15) is 9.18 Å². The number of amides is 1. The number of benzene rings is 2. The number of primary amides is 1. The summed E-state index contributed by atoms with van der Waals surface area (Å²) in [7, 11) is 0. The second kappa shape index (κ2) is 7.01. The highest BCUT2D eigenvalue weighted by Gasteiger charge is 2.40. The van der Waals surface area contributed by atoms with E-state index < -0.39 is 11.4 Å². The smallest absolute Gasteiger partial charge is 0.243 e. The lowest BCUT2D eigenvalue weighted by Gasteiger charge is -2.40. The van der Waals surface area contributed by atoms with Crippen molar-refractivity contribution in [3.05, 3.63) is 66.0 Å². The Bertz CT molecular complexity index is 697. The van der Waals surface area contributed by atoms with E-state index in [0.29, 0.717) is 18.5 Å². The molecule has 0 aromatic heterocycles. The van der Waals surface area contributed by atoms with Gasteiger partial charge in [0.15, 0.2) is 0 Å². The number of likely N-dealkylation sites (tertiary alicyclic amines) is 1. The molecule has 0 saturated carbocycles. The molecular weight excluding hydrogens is 305 g/mol. The van der Waals surface area contributed by atoms with Crippen LogP contribution >= 0.6 is 0 Å². The topological polar surface area (TPSA) is 58.4 Å². The van der Waals surface area contributed by atoms with Gasteiger partial charge in [-0.3, -0.25) is 9.69 Å². The predicted octanol–water partition coefficient (Wildman–Crippen LogP) is 2.76. The maximum absolute atomic E-state index is 13.9. The first kappa shape index (κ1) is 16.5. The Kier molecular flexibility index (Phi) is 4.81. The van der Waals surface area contributed by atoms with Gasteiger partial charge in [-0.2, -0.15) is 0 Å². The number of anilines is 1. The van der Waals surface area contributed by atoms with Gasteiger partial charge in [0.25, 0.3) is 0 Å². The summed E-state index contributed by atoms with van der Waals surface area (Å²) >= 11 is 0. The number of hydrogen-bond acceptors (Lipinski definition) is 3. The number of carbonyl (C=O) groups is 1. The highest BCUT2D eigenvalue weighted by molar-refractivity contribution is 5.88. The highest BCUT2D eigenvalue weighted by Crippen LogP contribution is 2.29. The van der Waals surface area contributed by atoms with Crippen molar-refractivity contribution in [3.8, 4) is 0 Å². The van der Waals surface area contributed by atoms with E-state index in [1.54, 1.807) is 18.2 Å². The molecule has 5 heteroatoms.